The van der Waals surface area contributed by atoms with Gasteiger partial charge in [-0.15, -0.1) is 36.2 Å². The van der Waals surface area contributed by atoms with Crippen molar-refractivity contribution in [1.82, 2.24) is 20.2 Å². The molecule has 1 aliphatic carbocycles. The van der Waals surface area contributed by atoms with Gasteiger partial charge in [-0.25, -0.2) is 9.97 Å². The number of likely N-dealkylation sites (tertiary alicyclic amines) is 1. The molecule has 3 heterocycles. The molecule has 2 fully saturated rings. The summed E-state index contributed by atoms with van der Waals surface area (Å²) in [5.41, 5.74) is 0. The summed E-state index contributed by atoms with van der Waals surface area (Å²) >= 11 is 1.68. The highest BCUT2D eigenvalue weighted by molar-refractivity contribution is 7.18. The number of carbonyl (C=O) groups excluding carboxylic acids is 1. The van der Waals surface area contributed by atoms with Gasteiger partial charge in [-0.1, -0.05) is 25.7 Å². The quantitative estimate of drug-likeness (QED) is 0.680. The molecule has 0 spiro atoms. The summed E-state index contributed by atoms with van der Waals surface area (Å²) in [5, 5.41) is 8.17. The monoisotopic (exact) mass is 445 g/mol. The fourth-order valence-corrected chi connectivity index (χ4v) is 4.91. The van der Waals surface area contributed by atoms with E-state index < -0.39 is 0 Å². The van der Waals surface area contributed by atoms with Gasteiger partial charge in [-0.3, -0.25) is 4.79 Å². The summed E-state index contributed by atoms with van der Waals surface area (Å²) < 4.78 is 0. The first kappa shape index (κ1) is 23.1. The Morgan fingerprint density at radius 3 is 2.57 bits per heavy atom. The molecule has 1 amide bonds. The van der Waals surface area contributed by atoms with Crippen LogP contribution in [0, 0.1) is 0 Å². The lowest BCUT2D eigenvalue weighted by molar-refractivity contribution is -0.128. The number of halogens is 2. The summed E-state index contributed by atoms with van der Waals surface area (Å²) in [6.45, 7) is 1.54. The number of hydrogen-bond acceptors (Lipinski definition) is 6. The number of aromatic nitrogens is 2. The maximum Gasteiger partial charge on any atom is 0.239 e. The predicted molar refractivity (Wildman–Crippen MR) is 120 cm³/mol. The third kappa shape index (κ3) is 5.26. The SMILES string of the molecule is CN1CCC(NCc2cc3c(NC4CCCCCC4)ncnc3s2)C1=O.Cl.Cl. The molecule has 0 radical (unpaired) electrons. The Morgan fingerprint density at radius 2 is 1.89 bits per heavy atom. The summed E-state index contributed by atoms with van der Waals surface area (Å²) in [6.07, 6.45) is 10.3. The lowest BCUT2D eigenvalue weighted by Crippen LogP contribution is -2.36. The molecule has 4 rings (SSSR count). The second kappa shape index (κ2) is 10.6. The lowest BCUT2D eigenvalue weighted by atomic mass is 10.1. The van der Waals surface area contributed by atoms with E-state index in [1.807, 2.05) is 7.05 Å². The van der Waals surface area contributed by atoms with Crippen molar-refractivity contribution in [2.24, 2.45) is 0 Å². The minimum atomic E-state index is -0.0557. The highest BCUT2D eigenvalue weighted by Gasteiger charge is 2.28. The van der Waals surface area contributed by atoms with Crippen molar-refractivity contribution in [3.63, 3.8) is 0 Å². The summed E-state index contributed by atoms with van der Waals surface area (Å²) in [4.78, 5) is 25.0. The topological polar surface area (TPSA) is 70.2 Å². The fraction of sp³-hybridized carbons (Fsp3) is 0.632. The van der Waals surface area contributed by atoms with Gasteiger partial charge in [0.1, 0.15) is 17.0 Å². The van der Waals surface area contributed by atoms with Crippen LogP contribution in [0.4, 0.5) is 5.82 Å². The van der Waals surface area contributed by atoms with Crippen molar-refractivity contribution in [2.75, 3.05) is 18.9 Å². The highest BCUT2D eigenvalue weighted by Crippen LogP contribution is 2.30. The smallest absolute Gasteiger partial charge is 0.239 e. The van der Waals surface area contributed by atoms with Crippen molar-refractivity contribution in [1.29, 1.82) is 0 Å². The number of nitrogens with zero attached hydrogens (tertiary/aromatic N) is 3. The third-order valence-corrected chi connectivity index (χ3v) is 6.57. The van der Waals surface area contributed by atoms with Gasteiger partial charge < -0.3 is 15.5 Å². The number of amides is 1. The summed E-state index contributed by atoms with van der Waals surface area (Å²) in [7, 11) is 1.87. The lowest BCUT2D eigenvalue weighted by Gasteiger charge is -2.17. The largest absolute Gasteiger partial charge is 0.367 e. The molecule has 28 heavy (non-hydrogen) atoms. The first-order valence-electron chi connectivity index (χ1n) is 9.69. The number of fused-ring (bicyclic) bond motifs is 1. The van der Waals surface area contributed by atoms with Crippen LogP contribution in [0.15, 0.2) is 12.4 Å². The predicted octanol–water partition coefficient (Wildman–Crippen LogP) is 3.99. The molecule has 2 aromatic heterocycles. The number of likely N-dealkylation sites (N-methyl/N-ethyl adjacent to an activating group) is 1. The van der Waals surface area contributed by atoms with E-state index in [1.54, 1.807) is 22.6 Å². The van der Waals surface area contributed by atoms with Crippen LogP contribution in [-0.2, 0) is 11.3 Å². The molecular weight excluding hydrogens is 417 g/mol. The Hall–Kier alpha value is -1.15. The van der Waals surface area contributed by atoms with E-state index in [4.69, 9.17) is 0 Å². The van der Waals surface area contributed by atoms with Gasteiger partial charge in [-0.2, -0.15) is 0 Å². The first-order valence-corrected chi connectivity index (χ1v) is 10.5. The number of anilines is 1. The molecule has 156 valence electrons. The van der Waals surface area contributed by atoms with E-state index in [2.05, 4.69) is 26.7 Å². The number of carbonyl (C=O) groups is 1. The average Bonchev–Trinajstić information content (AvgIpc) is 3.09. The second-order valence-corrected chi connectivity index (χ2v) is 8.58. The van der Waals surface area contributed by atoms with Crippen LogP contribution in [0.1, 0.15) is 49.8 Å². The van der Waals surface area contributed by atoms with Gasteiger partial charge in [0.05, 0.1) is 11.4 Å². The van der Waals surface area contributed by atoms with E-state index in [9.17, 15) is 4.79 Å². The zero-order valence-corrected chi connectivity index (χ0v) is 18.6. The van der Waals surface area contributed by atoms with E-state index in [-0.39, 0.29) is 36.8 Å². The zero-order chi connectivity index (χ0) is 17.9. The molecule has 1 aliphatic heterocycles. The van der Waals surface area contributed by atoms with Gasteiger partial charge in [0.2, 0.25) is 5.91 Å². The van der Waals surface area contributed by atoms with E-state index in [0.717, 1.165) is 29.0 Å². The number of hydrogen-bond donors (Lipinski definition) is 2. The summed E-state index contributed by atoms with van der Waals surface area (Å²) in [6, 6.07) is 2.64. The number of rotatable bonds is 5. The van der Waals surface area contributed by atoms with Crippen molar-refractivity contribution in [3.8, 4) is 0 Å². The van der Waals surface area contributed by atoms with Crippen LogP contribution in [0.5, 0.6) is 0 Å². The minimum absolute atomic E-state index is 0. The Morgan fingerprint density at radius 1 is 1.14 bits per heavy atom. The fourth-order valence-electron chi connectivity index (χ4n) is 3.96. The van der Waals surface area contributed by atoms with Crippen LogP contribution in [0.3, 0.4) is 0 Å². The van der Waals surface area contributed by atoms with Crippen molar-refractivity contribution in [3.05, 3.63) is 17.3 Å². The molecule has 0 bridgehead atoms. The Balaban J connectivity index is 0.00000140. The highest BCUT2D eigenvalue weighted by atomic mass is 35.5. The molecule has 1 saturated carbocycles. The van der Waals surface area contributed by atoms with E-state index in [1.165, 1.54) is 43.4 Å². The molecule has 2 N–H and O–H groups in total. The molecule has 2 aromatic rings. The maximum absolute atomic E-state index is 12.0. The van der Waals surface area contributed by atoms with Gasteiger partial charge in [0.25, 0.3) is 0 Å². The standard InChI is InChI=1S/C19H27N5OS.2ClH/c1-24-9-8-16(19(24)25)20-11-14-10-15-17(21-12-22-18(15)26-14)23-13-6-4-2-3-5-7-13;;/h10,12-13,16,20H,2-9,11H2,1H3,(H,21,22,23);2*1H. The van der Waals surface area contributed by atoms with Crippen LogP contribution in [0.25, 0.3) is 10.2 Å². The van der Waals surface area contributed by atoms with Crippen LogP contribution >= 0.6 is 36.2 Å². The maximum atomic E-state index is 12.0. The van der Waals surface area contributed by atoms with E-state index >= 15 is 0 Å². The molecule has 9 heteroatoms. The van der Waals surface area contributed by atoms with Gasteiger partial charge in [-0.05, 0) is 25.3 Å². The molecule has 2 aliphatic rings. The molecule has 0 aromatic carbocycles. The van der Waals surface area contributed by atoms with Gasteiger partial charge >= 0.3 is 0 Å². The van der Waals surface area contributed by atoms with Gasteiger partial charge in [0, 0.05) is 31.1 Å². The van der Waals surface area contributed by atoms with Crippen molar-refractivity contribution in [2.45, 2.75) is 63.6 Å². The molecule has 6 nitrogen and oxygen atoms in total. The Bertz CT molecular complexity index is 779. The Kier molecular flexibility index (Phi) is 8.74. The van der Waals surface area contributed by atoms with Gasteiger partial charge in [0.15, 0.2) is 0 Å². The normalized spacial score (nSPS) is 20.5. The Labute approximate surface area is 182 Å². The third-order valence-electron chi connectivity index (χ3n) is 5.53. The first-order chi connectivity index (χ1) is 12.7. The van der Waals surface area contributed by atoms with Crippen LogP contribution < -0.4 is 10.6 Å². The van der Waals surface area contributed by atoms with Crippen LogP contribution in [0.2, 0.25) is 0 Å². The number of nitrogens with one attached hydrogen (secondary N) is 2. The van der Waals surface area contributed by atoms with E-state index in [0.29, 0.717) is 12.6 Å². The molecular formula is C19H29Cl2N5OS. The average molecular weight is 446 g/mol. The summed E-state index contributed by atoms with van der Waals surface area (Å²) in [5.74, 6) is 1.16. The minimum Gasteiger partial charge on any atom is -0.367 e. The molecule has 1 unspecified atom stereocenters. The van der Waals surface area contributed by atoms with Crippen molar-refractivity contribution < 1.29 is 4.79 Å². The molecule has 1 atom stereocenters. The molecule has 1 saturated heterocycles. The zero-order valence-electron chi connectivity index (χ0n) is 16.1. The number of thiophene rings is 1. The van der Waals surface area contributed by atoms with Crippen molar-refractivity contribution >= 4 is 58.1 Å². The second-order valence-electron chi connectivity index (χ2n) is 7.47. The van der Waals surface area contributed by atoms with Crippen LogP contribution in [-0.4, -0.2) is 46.5 Å².